The molecule has 3 fully saturated rings. The summed E-state index contributed by atoms with van der Waals surface area (Å²) in [4.78, 5) is 18.8. The van der Waals surface area contributed by atoms with Gasteiger partial charge in [-0.15, -0.1) is 24.0 Å². The molecule has 9 heteroatoms. The fourth-order valence-corrected chi connectivity index (χ4v) is 5.78. The monoisotopic (exact) mass is 512 g/mol. The Morgan fingerprint density at radius 1 is 1.22 bits per heavy atom. The Bertz CT molecular complexity index is 658. The van der Waals surface area contributed by atoms with Crippen molar-refractivity contribution in [1.29, 1.82) is 0 Å². The van der Waals surface area contributed by atoms with Crippen LogP contribution in [0, 0.1) is 11.3 Å². The van der Waals surface area contributed by atoms with Crippen molar-refractivity contribution < 1.29 is 13.2 Å². The van der Waals surface area contributed by atoms with Gasteiger partial charge >= 0.3 is 0 Å². The molecule has 1 aliphatic heterocycles. The van der Waals surface area contributed by atoms with E-state index in [1.807, 2.05) is 4.90 Å². The van der Waals surface area contributed by atoms with Crippen molar-refractivity contribution in [3.63, 3.8) is 0 Å². The average molecular weight is 512 g/mol. The van der Waals surface area contributed by atoms with Crippen LogP contribution in [-0.4, -0.2) is 69.9 Å². The lowest BCUT2D eigenvalue weighted by molar-refractivity contribution is -0.134. The number of nitrogens with one attached hydrogen (secondary N) is 2. The molecule has 0 radical (unpaired) electrons. The molecule has 3 rings (SSSR count). The molecule has 0 aromatic carbocycles. The van der Waals surface area contributed by atoms with Gasteiger partial charge in [-0.05, 0) is 32.1 Å². The van der Waals surface area contributed by atoms with Gasteiger partial charge in [0.2, 0.25) is 5.91 Å². The minimum absolute atomic E-state index is 0. The minimum atomic E-state index is -2.97. The van der Waals surface area contributed by atoms with E-state index in [4.69, 9.17) is 0 Å². The SMILES string of the molecule is CN=C(NCC1(CS(C)(=O)=O)CC1)NC1CCN(C(=O)C2CCCC2)C1.I. The number of nitrogens with zero attached hydrogens (tertiary/aromatic N) is 2. The lowest BCUT2D eigenvalue weighted by Gasteiger charge is -2.22. The molecule has 3 aliphatic rings. The summed E-state index contributed by atoms with van der Waals surface area (Å²) in [7, 11) is -1.24. The van der Waals surface area contributed by atoms with Crippen LogP contribution in [0.4, 0.5) is 0 Å². The van der Waals surface area contributed by atoms with Crippen LogP contribution < -0.4 is 10.6 Å². The van der Waals surface area contributed by atoms with Crippen molar-refractivity contribution in [1.82, 2.24) is 15.5 Å². The summed E-state index contributed by atoms with van der Waals surface area (Å²) in [6, 6.07) is 0.205. The van der Waals surface area contributed by atoms with Crippen LogP contribution in [0.5, 0.6) is 0 Å². The Balaban J connectivity index is 0.00000261. The van der Waals surface area contributed by atoms with Gasteiger partial charge in [0.05, 0.1) is 5.75 Å². The van der Waals surface area contributed by atoms with E-state index in [2.05, 4.69) is 15.6 Å². The van der Waals surface area contributed by atoms with Crippen LogP contribution in [-0.2, 0) is 14.6 Å². The first-order valence-corrected chi connectivity index (χ1v) is 11.8. The van der Waals surface area contributed by atoms with Gasteiger partial charge in [-0.25, -0.2) is 8.42 Å². The topological polar surface area (TPSA) is 90.9 Å². The van der Waals surface area contributed by atoms with Gasteiger partial charge in [-0.1, -0.05) is 12.8 Å². The number of halogens is 1. The first-order valence-electron chi connectivity index (χ1n) is 9.74. The number of likely N-dealkylation sites (tertiary alicyclic amines) is 1. The van der Waals surface area contributed by atoms with Gasteiger partial charge in [0.1, 0.15) is 9.84 Å². The quantitative estimate of drug-likeness (QED) is 0.319. The van der Waals surface area contributed by atoms with Gasteiger partial charge in [-0.2, -0.15) is 0 Å². The van der Waals surface area contributed by atoms with Crippen LogP contribution in [0.1, 0.15) is 44.9 Å². The molecule has 0 bridgehead atoms. The third kappa shape index (κ3) is 6.47. The van der Waals surface area contributed by atoms with E-state index in [0.717, 1.165) is 45.2 Å². The van der Waals surface area contributed by atoms with Crippen LogP contribution in [0.2, 0.25) is 0 Å². The third-order valence-corrected chi connectivity index (χ3v) is 7.06. The molecular weight excluding hydrogens is 479 g/mol. The van der Waals surface area contributed by atoms with Gasteiger partial charge in [-0.3, -0.25) is 9.79 Å². The van der Waals surface area contributed by atoms with E-state index in [9.17, 15) is 13.2 Å². The Morgan fingerprint density at radius 2 is 1.89 bits per heavy atom. The molecule has 1 atom stereocenters. The van der Waals surface area contributed by atoms with Gasteiger partial charge < -0.3 is 15.5 Å². The van der Waals surface area contributed by atoms with Crippen molar-refractivity contribution in [3.05, 3.63) is 0 Å². The Labute approximate surface area is 180 Å². The predicted molar refractivity (Wildman–Crippen MR) is 118 cm³/mol. The maximum atomic E-state index is 12.5. The van der Waals surface area contributed by atoms with Crippen molar-refractivity contribution >= 4 is 45.7 Å². The van der Waals surface area contributed by atoms with E-state index in [1.165, 1.54) is 19.1 Å². The van der Waals surface area contributed by atoms with Crippen molar-refractivity contribution in [2.75, 3.05) is 38.7 Å². The second kappa shape index (κ2) is 9.28. The van der Waals surface area contributed by atoms with E-state index in [1.54, 1.807) is 7.05 Å². The molecule has 0 aromatic heterocycles. The minimum Gasteiger partial charge on any atom is -0.356 e. The Morgan fingerprint density at radius 3 is 2.44 bits per heavy atom. The Kier molecular flexibility index (Phi) is 7.80. The molecule has 2 saturated carbocycles. The van der Waals surface area contributed by atoms with E-state index in [0.29, 0.717) is 18.4 Å². The molecule has 27 heavy (non-hydrogen) atoms. The highest BCUT2D eigenvalue weighted by molar-refractivity contribution is 14.0. The fraction of sp³-hybridized carbons (Fsp3) is 0.889. The molecule has 2 N–H and O–H groups in total. The number of amides is 1. The standard InChI is InChI=1S/C18H32N4O3S.HI/c1-19-17(20-12-18(8-9-18)13-26(2,24)25)21-15-7-10-22(11-15)16(23)14-5-3-4-6-14;/h14-15H,3-13H2,1-2H3,(H2,19,20,21);1H. The van der Waals surface area contributed by atoms with E-state index in [-0.39, 0.29) is 47.1 Å². The Hall–Kier alpha value is -0.580. The molecule has 1 heterocycles. The number of hydrogen-bond donors (Lipinski definition) is 2. The zero-order valence-corrected chi connectivity index (χ0v) is 19.5. The van der Waals surface area contributed by atoms with Crippen molar-refractivity contribution in [3.8, 4) is 0 Å². The normalized spacial score (nSPS) is 25.2. The zero-order valence-electron chi connectivity index (χ0n) is 16.4. The number of rotatable bonds is 6. The summed E-state index contributed by atoms with van der Waals surface area (Å²) in [5.74, 6) is 1.48. The first-order chi connectivity index (χ1) is 12.3. The number of hydrogen-bond acceptors (Lipinski definition) is 4. The highest BCUT2D eigenvalue weighted by Crippen LogP contribution is 2.46. The average Bonchev–Trinajstić information content (AvgIpc) is 3.02. The predicted octanol–water partition coefficient (Wildman–Crippen LogP) is 1.39. The van der Waals surface area contributed by atoms with Crippen LogP contribution in [0.25, 0.3) is 0 Å². The lowest BCUT2D eigenvalue weighted by Crippen LogP contribution is -2.47. The largest absolute Gasteiger partial charge is 0.356 e. The molecule has 156 valence electrons. The van der Waals surface area contributed by atoms with Crippen molar-refractivity contribution in [2.24, 2.45) is 16.3 Å². The van der Waals surface area contributed by atoms with Crippen LogP contribution in [0.3, 0.4) is 0 Å². The molecule has 1 unspecified atom stereocenters. The molecule has 0 spiro atoms. The zero-order chi connectivity index (χ0) is 18.8. The smallest absolute Gasteiger partial charge is 0.225 e. The molecule has 2 aliphatic carbocycles. The second-order valence-electron chi connectivity index (χ2n) is 8.39. The van der Waals surface area contributed by atoms with Gasteiger partial charge in [0.15, 0.2) is 5.96 Å². The summed E-state index contributed by atoms with van der Waals surface area (Å²) in [6.07, 6.45) is 8.55. The lowest BCUT2D eigenvalue weighted by atomic mass is 10.1. The highest BCUT2D eigenvalue weighted by atomic mass is 127. The molecular formula is C18H33IN4O3S. The van der Waals surface area contributed by atoms with Crippen LogP contribution in [0.15, 0.2) is 4.99 Å². The highest BCUT2D eigenvalue weighted by Gasteiger charge is 2.45. The van der Waals surface area contributed by atoms with Crippen LogP contribution >= 0.6 is 24.0 Å². The van der Waals surface area contributed by atoms with Gasteiger partial charge in [0, 0.05) is 50.3 Å². The second-order valence-corrected chi connectivity index (χ2v) is 10.5. The number of carbonyl (C=O) groups excluding carboxylic acids is 1. The summed E-state index contributed by atoms with van der Waals surface area (Å²) in [6.45, 7) is 2.16. The van der Waals surface area contributed by atoms with E-state index >= 15 is 0 Å². The number of aliphatic imine (C=N–C) groups is 1. The maximum absolute atomic E-state index is 12.5. The number of carbonyl (C=O) groups is 1. The maximum Gasteiger partial charge on any atom is 0.225 e. The van der Waals surface area contributed by atoms with Gasteiger partial charge in [0.25, 0.3) is 0 Å². The third-order valence-electron chi connectivity index (χ3n) is 5.93. The fourth-order valence-electron chi connectivity index (χ4n) is 4.27. The number of guanidine groups is 1. The number of sulfone groups is 1. The summed E-state index contributed by atoms with van der Waals surface area (Å²) < 4.78 is 23.2. The first kappa shape index (κ1) is 22.7. The summed E-state index contributed by atoms with van der Waals surface area (Å²) >= 11 is 0. The van der Waals surface area contributed by atoms with E-state index < -0.39 is 9.84 Å². The molecule has 1 saturated heterocycles. The molecule has 1 amide bonds. The summed E-state index contributed by atoms with van der Waals surface area (Å²) in [5.41, 5.74) is -0.134. The van der Waals surface area contributed by atoms with Crippen molar-refractivity contribution in [2.45, 2.75) is 51.0 Å². The molecule has 7 nitrogen and oxygen atoms in total. The molecule has 0 aromatic rings. The summed E-state index contributed by atoms with van der Waals surface area (Å²) in [5, 5.41) is 6.69.